The van der Waals surface area contributed by atoms with Gasteiger partial charge in [-0.25, -0.2) is 0 Å². The van der Waals surface area contributed by atoms with Crippen molar-refractivity contribution in [2.45, 2.75) is 6.92 Å². The molecule has 0 N–H and O–H groups in total. The lowest BCUT2D eigenvalue weighted by Gasteiger charge is -2.18. The zero-order chi connectivity index (χ0) is 30.6. The van der Waals surface area contributed by atoms with E-state index in [4.69, 9.17) is 4.98 Å². The van der Waals surface area contributed by atoms with Crippen molar-refractivity contribution in [3.05, 3.63) is 169 Å². The highest BCUT2D eigenvalue weighted by Crippen LogP contribution is 2.44. The van der Waals surface area contributed by atoms with Crippen molar-refractivity contribution in [1.29, 1.82) is 0 Å². The lowest BCUT2D eigenvalue weighted by molar-refractivity contribution is 1.17. The maximum Gasteiger partial charge on any atom is 0.0963 e. The Morgan fingerprint density at radius 1 is 0.413 bits per heavy atom. The van der Waals surface area contributed by atoms with Crippen molar-refractivity contribution in [2.75, 3.05) is 0 Å². The Bertz CT molecular complexity index is 2520. The van der Waals surface area contributed by atoms with Crippen LogP contribution in [0.25, 0.3) is 82.5 Å². The highest BCUT2D eigenvalue weighted by molar-refractivity contribution is 6.21. The SMILES string of the molecule is Cc1ccc2c(c1)c1ncccc1n2-c1ccc(-c2c3ccccc3c(-c3cccc(-c4ccccc4)c3)c3ccccc23)cc1. The van der Waals surface area contributed by atoms with Crippen molar-refractivity contribution < 1.29 is 0 Å². The van der Waals surface area contributed by atoms with Gasteiger partial charge < -0.3 is 4.57 Å². The maximum absolute atomic E-state index is 4.77. The molecule has 216 valence electrons. The van der Waals surface area contributed by atoms with E-state index in [1.54, 1.807) is 0 Å². The number of benzene rings is 7. The first kappa shape index (κ1) is 26.4. The highest BCUT2D eigenvalue weighted by atomic mass is 15.0. The normalized spacial score (nSPS) is 11.6. The quantitative estimate of drug-likeness (QED) is 0.188. The van der Waals surface area contributed by atoms with Gasteiger partial charge in [0.25, 0.3) is 0 Å². The fourth-order valence-corrected chi connectivity index (χ4v) is 7.24. The van der Waals surface area contributed by atoms with Gasteiger partial charge in [0.2, 0.25) is 0 Å². The van der Waals surface area contributed by atoms with Gasteiger partial charge in [0, 0.05) is 17.3 Å². The zero-order valence-corrected chi connectivity index (χ0v) is 25.5. The molecule has 0 fully saturated rings. The molecule has 2 nitrogen and oxygen atoms in total. The van der Waals surface area contributed by atoms with E-state index in [0.717, 1.165) is 16.7 Å². The van der Waals surface area contributed by atoms with Crippen LogP contribution in [0.4, 0.5) is 0 Å². The number of fused-ring (bicyclic) bond motifs is 5. The Morgan fingerprint density at radius 3 is 1.72 bits per heavy atom. The molecule has 7 aromatic carbocycles. The molecule has 0 saturated heterocycles. The summed E-state index contributed by atoms with van der Waals surface area (Å²) in [6.07, 6.45) is 1.88. The molecular formula is C44H30N2. The van der Waals surface area contributed by atoms with Crippen LogP contribution in [0.3, 0.4) is 0 Å². The summed E-state index contributed by atoms with van der Waals surface area (Å²) in [5, 5.41) is 6.21. The van der Waals surface area contributed by atoms with Crippen LogP contribution in [0.1, 0.15) is 5.56 Å². The topological polar surface area (TPSA) is 17.8 Å². The van der Waals surface area contributed by atoms with Gasteiger partial charge in [-0.3, -0.25) is 4.98 Å². The van der Waals surface area contributed by atoms with E-state index in [1.165, 1.54) is 71.4 Å². The van der Waals surface area contributed by atoms with Crippen LogP contribution < -0.4 is 0 Å². The number of rotatable bonds is 4. The molecule has 2 aromatic heterocycles. The Balaban J connectivity index is 1.25. The van der Waals surface area contributed by atoms with Crippen molar-refractivity contribution in [3.8, 4) is 39.1 Å². The van der Waals surface area contributed by atoms with E-state index >= 15 is 0 Å². The third-order valence-corrected chi connectivity index (χ3v) is 9.28. The first-order valence-electron chi connectivity index (χ1n) is 15.8. The highest BCUT2D eigenvalue weighted by Gasteiger charge is 2.18. The van der Waals surface area contributed by atoms with E-state index in [0.29, 0.717) is 0 Å². The van der Waals surface area contributed by atoms with Gasteiger partial charge in [-0.15, -0.1) is 0 Å². The fraction of sp³-hybridized carbons (Fsp3) is 0.0227. The second-order valence-electron chi connectivity index (χ2n) is 12.1. The number of hydrogen-bond donors (Lipinski definition) is 0. The van der Waals surface area contributed by atoms with Crippen LogP contribution in [-0.2, 0) is 0 Å². The zero-order valence-electron chi connectivity index (χ0n) is 25.5. The Morgan fingerprint density at radius 2 is 1.02 bits per heavy atom. The molecule has 0 spiro atoms. The average molecular weight is 587 g/mol. The molecule has 0 aliphatic rings. The van der Waals surface area contributed by atoms with Gasteiger partial charge in [0.15, 0.2) is 0 Å². The van der Waals surface area contributed by atoms with Crippen LogP contribution in [0.15, 0.2) is 164 Å². The lowest BCUT2D eigenvalue weighted by Crippen LogP contribution is -1.95. The molecule has 0 radical (unpaired) electrons. The molecule has 9 rings (SSSR count). The molecule has 0 unspecified atom stereocenters. The minimum absolute atomic E-state index is 1.04. The van der Waals surface area contributed by atoms with Crippen LogP contribution in [0.2, 0.25) is 0 Å². The molecule has 0 aliphatic carbocycles. The minimum Gasteiger partial charge on any atom is -0.308 e. The van der Waals surface area contributed by atoms with Crippen LogP contribution >= 0.6 is 0 Å². The Hall–Kier alpha value is -5.99. The van der Waals surface area contributed by atoms with Gasteiger partial charge in [0.05, 0.1) is 16.6 Å². The third-order valence-electron chi connectivity index (χ3n) is 9.28. The molecule has 46 heavy (non-hydrogen) atoms. The van der Waals surface area contributed by atoms with E-state index in [-0.39, 0.29) is 0 Å². The van der Waals surface area contributed by atoms with Gasteiger partial charge in [-0.1, -0.05) is 121 Å². The predicted octanol–water partition coefficient (Wildman–Crippen LogP) is 11.8. The second kappa shape index (κ2) is 10.6. The molecule has 2 heterocycles. The largest absolute Gasteiger partial charge is 0.308 e. The molecular weight excluding hydrogens is 556 g/mol. The maximum atomic E-state index is 4.77. The lowest BCUT2D eigenvalue weighted by atomic mass is 9.85. The molecule has 0 aliphatic heterocycles. The minimum atomic E-state index is 1.04. The van der Waals surface area contributed by atoms with Crippen LogP contribution in [-0.4, -0.2) is 9.55 Å². The molecule has 0 amide bonds. The summed E-state index contributed by atoms with van der Waals surface area (Å²) in [5.41, 5.74) is 13.1. The van der Waals surface area contributed by atoms with Crippen molar-refractivity contribution >= 4 is 43.5 Å². The predicted molar refractivity (Wildman–Crippen MR) is 195 cm³/mol. The summed E-state index contributed by atoms with van der Waals surface area (Å²) in [7, 11) is 0. The first-order chi connectivity index (χ1) is 22.7. The smallest absolute Gasteiger partial charge is 0.0963 e. The summed E-state index contributed by atoms with van der Waals surface area (Å²) in [6.45, 7) is 2.14. The molecule has 0 bridgehead atoms. The van der Waals surface area contributed by atoms with Gasteiger partial charge in [-0.05, 0) is 104 Å². The second-order valence-corrected chi connectivity index (χ2v) is 12.1. The number of aromatic nitrogens is 2. The molecule has 2 heteroatoms. The van der Waals surface area contributed by atoms with Crippen LogP contribution in [0, 0.1) is 6.92 Å². The molecule has 9 aromatic rings. The van der Waals surface area contributed by atoms with E-state index in [9.17, 15) is 0 Å². The monoisotopic (exact) mass is 586 g/mol. The van der Waals surface area contributed by atoms with Crippen molar-refractivity contribution in [2.24, 2.45) is 0 Å². The number of aryl methyl sites for hydroxylation is 1. The van der Waals surface area contributed by atoms with Gasteiger partial charge in [0.1, 0.15) is 0 Å². The van der Waals surface area contributed by atoms with E-state index in [1.807, 2.05) is 12.3 Å². The Kier molecular flexibility index (Phi) is 6.07. The molecule has 0 saturated carbocycles. The third kappa shape index (κ3) is 4.15. The summed E-state index contributed by atoms with van der Waals surface area (Å²) in [4.78, 5) is 4.77. The summed E-state index contributed by atoms with van der Waals surface area (Å²) < 4.78 is 2.33. The van der Waals surface area contributed by atoms with E-state index < -0.39 is 0 Å². The summed E-state index contributed by atoms with van der Waals surface area (Å²) in [5.74, 6) is 0. The van der Waals surface area contributed by atoms with Crippen molar-refractivity contribution in [3.63, 3.8) is 0 Å². The number of pyridine rings is 1. The standard InChI is InChI=1S/C44H30N2/c1-29-20-25-40-39(27-29)44-41(19-10-26-45-44)46(40)34-23-21-31(22-24-34)42-35-15-5-7-17-37(35)43(38-18-8-6-16-36(38)42)33-14-9-13-32(28-33)30-11-3-2-4-12-30/h2-28H,1H3. The summed E-state index contributed by atoms with van der Waals surface area (Å²) in [6, 6.07) is 57.2. The number of nitrogens with zero attached hydrogens (tertiary/aromatic N) is 2. The van der Waals surface area contributed by atoms with E-state index in [2.05, 4.69) is 163 Å². The Labute approximate surface area is 267 Å². The van der Waals surface area contributed by atoms with Crippen molar-refractivity contribution in [1.82, 2.24) is 9.55 Å². The average Bonchev–Trinajstić information content (AvgIpc) is 3.44. The molecule has 0 atom stereocenters. The van der Waals surface area contributed by atoms with Gasteiger partial charge >= 0.3 is 0 Å². The first-order valence-corrected chi connectivity index (χ1v) is 15.8. The van der Waals surface area contributed by atoms with Gasteiger partial charge in [-0.2, -0.15) is 0 Å². The van der Waals surface area contributed by atoms with Crippen LogP contribution in [0.5, 0.6) is 0 Å². The number of hydrogen-bond acceptors (Lipinski definition) is 1. The summed E-state index contributed by atoms with van der Waals surface area (Å²) >= 11 is 0. The fourth-order valence-electron chi connectivity index (χ4n) is 7.24.